The van der Waals surface area contributed by atoms with E-state index in [-0.39, 0.29) is 5.91 Å². The van der Waals surface area contributed by atoms with Crippen LogP contribution in [0, 0.1) is 0 Å². The maximum absolute atomic E-state index is 12.1. The maximum Gasteiger partial charge on any atom is 0.253 e. The van der Waals surface area contributed by atoms with Gasteiger partial charge in [-0.3, -0.25) is 4.79 Å². The van der Waals surface area contributed by atoms with E-state index >= 15 is 0 Å². The molecule has 26 heavy (non-hydrogen) atoms. The Morgan fingerprint density at radius 3 is 2.50 bits per heavy atom. The first kappa shape index (κ1) is 18.5. The minimum Gasteiger partial charge on any atom is -0.490 e. The Hall–Kier alpha value is -2.29. The topological polar surface area (TPSA) is 29.5 Å². The molecule has 2 aliphatic rings. The Morgan fingerprint density at radius 2 is 1.81 bits per heavy atom. The molecule has 0 aliphatic carbocycles. The van der Waals surface area contributed by atoms with Crippen LogP contribution in [0.1, 0.15) is 61.0 Å². The molecule has 2 heterocycles. The summed E-state index contributed by atoms with van der Waals surface area (Å²) in [6, 6.07) is 16.2. The molecule has 0 aromatic heterocycles. The Bertz CT molecular complexity index is 722. The van der Waals surface area contributed by atoms with Gasteiger partial charge in [0, 0.05) is 25.1 Å². The van der Waals surface area contributed by atoms with Crippen LogP contribution in [-0.4, -0.2) is 30.0 Å². The zero-order valence-corrected chi connectivity index (χ0v) is 16.1. The van der Waals surface area contributed by atoms with E-state index in [9.17, 15) is 4.79 Å². The molecule has 0 bridgehead atoms. The number of likely N-dealkylation sites (tertiary alicyclic amines) is 1. The number of carbonyl (C=O) groups is 1. The number of hydrogen-bond donors (Lipinski definition) is 0. The first-order chi connectivity index (χ1) is 12.5. The fraction of sp³-hybridized carbons (Fsp3) is 0.435. The number of benzene rings is 2. The van der Waals surface area contributed by atoms with Gasteiger partial charge in [0.05, 0.1) is 0 Å². The zero-order valence-electron chi connectivity index (χ0n) is 16.1. The molecule has 1 unspecified atom stereocenters. The molecule has 2 aromatic carbocycles. The van der Waals surface area contributed by atoms with Gasteiger partial charge in [0.2, 0.25) is 0 Å². The molecule has 1 atom stereocenters. The number of ether oxygens (including phenoxy) is 1. The van der Waals surface area contributed by atoms with Crippen molar-refractivity contribution >= 4 is 5.91 Å². The monoisotopic (exact) mass is 351 g/mol. The third kappa shape index (κ3) is 4.46. The lowest BCUT2D eigenvalue weighted by Gasteiger charge is -2.16. The van der Waals surface area contributed by atoms with Gasteiger partial charge in [-0.05, 0) is 55.0 Å². The van der Waals surface area contributed by atoms with Gasteiger partial charge < -0.3 is 9.64 Å². The first-order valence-electron chi connectivity index (χ1n) is 9.68. The summed E-state index contributed by atoms with van der Waals surface area (Å²) in [5.41, 5.74) is 3.42. The third-order valence-electron chi connectivity index (χ3n) is 5.00. The summed E-state index contributed by atoms with van der Waals surface area (Å²) < 4.78 is 5.51. The second-order valence-corrected chi connectivity index (χ2v) is 7.52. The molecule has 1 fully saturated rings. The molecule has 3 nitrogen and oxygen atoms in total. The van der Waals surface area contributed by atoms with Crippen LogP contribution in [-0.2, 0) is 6.42 Å². The van der Waals surface area contributed by atoms with E-state index in [2.05, 4.69) is 39.0 Å². The van der Waals surface area contributed by atoms with E-state index in [0.717, 1.165) is 43.7 Å². The quantitative estimate of drug-likeness (QED) is 0.757. The normalized spacial score (nSPS) is 18.2. The van der Waals surface area contributed by atoms with Crippen LogP contribution in [0.3, 0.4) is 0 Å². The summed E-state index contributed by atoms with van der Waals surface area (Å²) in [5.74, 6) is 1.74. The van der Waals surface area contributed by atoms with Gasteiger partial charge in [-0.2, -0.15) is 0 Å². The van der Waals surface area contributed by atoms with E-state index in [0.29, 0.717) is 12.0 Å². The summed E-state index contributed by atoms with van der Waals surface area (Å²) in [4.78, 5) is 14.1. The highest BCUT2D eigenvalue weighted by Crippen LogP contribution is 2.27. The van der Waals surface area contributed by atoms with Gasteiger partial charge in [0.15, 0.2) is 0 Å². The van der Waals surface area contributed by atoms with Crippen molar-refractivity contribution in [2.24, 2.45) is 0 Å². The molecular weight excluding hydrogens is 322 g/mol. The lowest BCUT2D eigenvalue weighted by molar-refractivity contribution is 0.0792. The summed E-state index contributed by atoms with van der Waals surface area (Å²) in [5, 5.41) is 0. The average Bonchev–Trinajstić information content (AvgIpc) is 3.30. The van der Waals surface area contributed by atoms with Crippen molar-refractivity contribution in [1.29, 1.82) is 0 Å². The van der Waals surface area contributed by atoms with Crippen molar-refractivity contribution < 1.29 is 9.53 Å². The standard InChI is InChI=1S/C14H19NO.C9H10O/c1-11(2)12-6-5-7-13(10-12)14(16)15-8-3-4-9-15;1-7-6-8-4-2-3-5-9(8)10-7/h5-7,10-11H,3-4,8-9H2,1-2H3;2-5,7H,6H2,1H3. The molecule has 2 aliphatic heterocycles. The lowest BCUT2D eigenvalue weighted by atomic mass is 10.0. The Kier molecular flexibility index (Phi) is 5.97. The summed E-state index contributed by atoms with van der Waals surface area (Å²) in [6.45, 7) is 8.24. The largest absolute Gasteiger partial charge is 0.490 e. The summed E-state index contributed by atoms with van der Waals surface area (Å²) >= 11 is 0. The van der Waals surface area contributed by atoms with Crippen LogP contribution in [0.5, 0.6) is 5.75 Å². The van der Waals surface area contributed by atoms with E-state index in [1.807, 2.05) is 35.2 Å². The van der Waals surface area contributed by atoms with Crippen LogP contribution in [0.2, 0.25) is 0 Å². The molecular formula is C23H29NO2. The van der Waals surface area contributed by atoms with E-state index in [4.69, 9.17) is 4.74 Å². The summed E-state index contributed by atoms with van der Waals surface area (Å²) in [6.07, 6.45) is 3.74. The van der Waals surface area contributed by atoms with Gasteiger partial charge in [0.1, 0.15) is 11.9 Å². The van der Waals surface area contributed by atoms with E-state index in [1.54, 1.807) is 0 Å². The SMILES string of the molecule is CC(C)c1cccc(C(=O)N2CCCC2)c1.CC1Cc2ccccc2O1. The lowest BCUT2D eigenvalue weighted by Crippen LogP contribution is -2.27. The highest BCUT2D eigenvalue weighted by atomic mass is 16.5. The third-order valence-corrected chi connectivity index (χ3v) is 5.00. The summed E-state index contributed by atoms with van der Waals surface area (Å²) in [7, 11) is 0. The van der Waals surface area contributed by atoms with E-state index < -0.39 is 0 Å². The van der Waals surface area contributed by atoms with Gasteiger partial charge >= 0.3 is 0 Å². The Labute approximate surface area is 157 Å². The van der Waals surface area contributed by atoms with Crippen molar-refractivity contribution in [3.63, 3.8) is 0 Å². The van der Waals surface area contributed by atoms with Crippen LogP contribution in [0.15, 0.2) is 48.5 Å². The molecule has 0 N–H and O–H groups in total. The van der Waals surface area contributed by atoms with Crippen molar-refractivity contribution in [3.05, 3.63) is 65.2 Å². The van der Waals surface area contributed by atoms with Crippen molar-refractivity contribution in [2.75, 3.05) is 13.1 Å². The van der Waals surface area contributed by atoms with Crippen molar-refractivity contribution in [1.82, 2.24) is 4.90 Å². The number of para-hydroxylation sites is 1. The second kappa shape index (κ2) is 8.39. The number of rotatable bonds is 2. The number of carbonyl (C=O) groups excluding carboxylic acids is 1. The van der Waals surface area contributed by atoms with Crippen LogP contribution in [0.4, 0.5) is 0 Å². The highest BCUT2D eigenvalue weighted by Gasteiger charge is 2.19. The van der Waals surface area contributed by atoms with Gasteiger partial charge in [-0.25, -0.2) is 0 Å². The van der Waals surface area contributed by atoms with Crippen LogP contribution in [0.25, 0.3) is 0 Å². The molecule has 0 radical (unpaired) electrons. The highest BCUT2D eigenvalue weighted by molar-refractivity contribution is 5.94. The van der Waals surface area contributed by atoms with Gasteiger partial charge in [-0.1, -0.05) is 44.2 Å². The fourth-order valence-corrected chi connectivity index (χ4v) is 3.49. The molecule has 0 saturated carbocycles. The fourth-order valence-electron chi connectivity index (χ4n) is 3.49. The predicted molar refractivity (Wildman–Crippen MR) is 106 cm³/mol. The molecule has 4 rings (SSSR count). The van der Waals surface area contributed by atoms with Crippen molar-refractivity contribution in [3.8, 4) is 5.75 Å². The number of hydrogen-bond acceptors (Lipinski definition) is 2. The Balaban J connectivity index is 0.000000167. The molecule has 1 saturated heterocycles. The van der Waals surface area contributed by atoms with Gasteiger partial charge in [0.25, 0.3) is 5.91 Å². The predicted octanol–water partition coefficient (Wildman–Crippen LogP) is 5.06. The smallest absolute Gasteiger partial charge is 0.253 e. The molecule has 1 amide bonds. The number of fused-ring (bicyclic) bond motifs is 1. The molecule has 138 valence electrons. The average molecular weight is 351 g/mol. The van der Waals surface area contributed by atoms with Crippen LogP contribution >= 0.6 is 0 Å². The molecule has 0 spiro atoms. The van der Waals surface area contributed by atoms with Crippen LogP contribution < -0.4 is 4.74 Å². The molecule has 3 heteroatoms. The minimum absolute atomic E-state index is 0.194. The maximum atomic E-state index is 12.1. The van der Waals surface area contributed by atoms with E-state index in [1.165, 1.54) is 11.1 Å². The zero-order chi connectivity index (χ0) is 18.5. The Morgan fingerprint density at radius 1 is 1.08 bits per heavy atom. The van der Waals surface area contributed by atoms with Gasteiger partial charge in [-0.15, -0.1) is 0 Å². The minimum atomic E-state index is 0.194. The number of amides is 1. The molecule has 2 aromatic rings. The number of nitrogens with zero attached hydrogens (tertiary/aromatic N) is 1. The second-order valence-electron chi connectivity index (χ2n) is 7.52. The first-order valence-corrected chi connectivity index (χ1v) is 9.68. The van der Waals surface area contributed by atoms with Crippen molar-refractivity contribution in [2.45, 2.75) is 52.1 Å².